The first-order valence-electron chi connectivity index (χ1n) is 6.95. The van der Waals surface area contributed by atoms with Gasteiger partial charge in [-0.05, 0) is 45.6 Å². The fourth-order valence-electron chi connectivity index (χ4n) is 2.37. The highest BCUT2D eigenvalue weighted by molar-refractivity contribution is 5.92. The van der Waals surface area contributed by atoms with Crippen LogP contribution in [0.5, 0.6) is 0 Å². The average Bonchev–Trinajstić information content (AvgIpc) is 2.82. The van der Waals surface area contributed by atoms with Gasteiger partial charge < -0.3 is 10.1 Å². The number of hydrogen-bond donors (Lipinski definition) is 1. The third kappa shape index (κ3) is 3.15. The molecule has 1 heterocycles. The number of nitrogens with zero attached hydrogens (tertiary/aromatic N) is 2. The quantitative estimate of drug-likeness (QED) is 0.857. The molecule has 1 aromatic rings. The van der Waals surface area contributed by atoms with Crippen LogP contribution in [-0.2, 0) is 4.74 Å². The van der Waals surface area contributed by atoms with E-state index in [0.717, 1.165) is 19.3 Å². The van der Waals surface area contributed by atoms with Crippen LogP contribution in [0.4, 0.5) is 0 Å². The van der Waals surface area contributed by atoms with Crippen LogP contribution >= 0.6 is 0 Å². The highest BCUT2D eigenvalue weighted by Crippen LogP contribution is 2.37. The first-order chi connectivity index (χ1) is 9.06. The summed E-state index contributed by atoms with van der Waals surface area (Å²) in [5.74, 6) is -0.107. The molecule has 0 radical (unpaired) electrons. The second-order valence-corrected chi connectivity index (χ2v) is 5.52. The molecule has 2 rings (SSSR count). The summed E-state index contributed by atoms with van der Waals surface area (Å²) in [4.78, 5) is 11.9. The number of aromatic nitrogens is 2. The monoisotopic (exact) mass is 265 g/mol. The SMILES string of the molecule is COC1(CCNC(=O)c2ccn(C(C)C)n2)CCC1. The highest BCUT2D eigenvalue weighted by Gasteiger charge is 2.36. The lowest BCUT2D eigenvalue weighted by molar-refractivity contribution is -0.0764. The van der Waals surface area contributed by atoms with Gasteiger partial charge in [0, 0.05) is 25.9 Å². The normalized spacial score (nSPS) is 17.3. The molecule has 0 aliphatic heterocycles. The van der Waals surface area contributed by atoms with Crippen LogP contribution in [0.2, 0.25) is 0 Å². The lowest BCUT2D eigenvalue weighted by Crippen LogP contribution is -2.42. The summed E-state index contributed by atoms with van der Waals surface area (Å²) in [5, 5.41) is 7.17. The Kier molecular flexibility index (Phi) is 4.24. The van der Waals surface area contributed by atoms with Crippen molar-refractivity contribution in [3.63, 3.8) is 0 Å². The molecule has 5 nitrogen and oxygen atoms in total. The molecule has 0 saturated heterocycles. The molecule has 1 saturated carbocycles. The number of nitrogens with one attached hydrogen (secondary N) is 1. The summed E-state index contributed by atoms with van der Waals surface area (Å²) >= 11 is 0. The Balaban J connectivity index is 1.80. The molecule has 1 N–H and O–H groups in total. The van der Waals surface area contributed by atoms with Crippen LogP contribution in [-0.4, -0.2) is 34.9 Å². The molecule has 0 unspecified atom stereocenters. The molecule has 106 valence electrons. The van der Waals surface area contributed by atoms with Gasteiger partial charge in [-0.1, -0.05) is 0 Å². The van der Waals surface area contributed by atoms with E-state index in [4.69, 9.17) is 4.74 Å². The Morgan fingerprint density at radius 1 is 1.58 bits per heavy atom. The Morgan fingerprint density at radius 2 is 2.32 bits per heavy atom. The molecule has 1 aromatic heterocycles. The van der Waals surface area contributed by atoms with Crippen LogP contribution in [0.3, 0.4) is 0 Å². The zero-order valence-electron chi connectivity index (χ0n) is 12.0. The van der Waals surface area contributed by atoms with Gasteiger partial charge in [-0.3, -0.25) is 9.48 Å². The highest BCUT2D eigenvalue weighted by atomic mass is 16.5. The maximum absolute atomic E-state index is 11.9. The maximum atomic E-state index is 11.9. The van der Waals surface area contributed by atoms with Gasteiger partial charge in [-0.2, -0.15) is 5.10 Å². The predicted molar refractivity (Wildman–Crippen MR) is 73.2 cm³/mol. The number of ether oxygens (including phenoxy) is 1. The Labute approximate surface area is 114 Å². The summed E-state index contributed by atoms with van der Waals surface area (Å²) in [7, 11) is 1.76. The van der Waals surface area contributed by atoms with Crippen molar-refractivity contribution >= 4 is 5.91 Å². The van der Waals surface area contributed by atoms with E-state index >= 15 is 0 Å². The molecule has 1 amide bonds. The van der Waals surface area contributed by atoms with Gasteiger partial charge in [0.1, 0.15) is 5.69 Å². The number of carbonyl (C=O) groups excluding carboxylic acids is 1. The largest absolute Gasteiger partial charge is 0.378 e. The van der Waals surface area contributed by atoms with E-state index in [1.165, 1.54) is 6.42 Å². The fourth-order valence-corrected chi connectivity index (χ4v) is 2.37. The predicted octanol–water partition coefficient (Wildman–Crippen LogP) is 2.15. The molecule has 1 fully saturated rings. The minimum Gasteiger partial charge on any atom is -0.378 e. The molecule has 1 aliphatic rings. The topological polar surface area (TPSA) is 56.1 Å². The third-order valence-corrected chi connectivity index (χ3v) is 3.93. The van der Waals surface area contributed by atoms with Crippen molar-refractivity contribution < 1.29 is 9.53 Å². The van der Waals surface area contributed by atoms with Gasteiger partial charge in [-0.25, -0.2) is 0 Å². The van der Waals surface area contributed by atoms with Gasteiger partial charge >= 0.3 is 0 Å². The molecular formula is C14H23N3O2. The zero-order valence-corrected chi connectivity index (χ0v) is 12.0. The smallest absolute Gasteiger partial charge is 0.271 e. The van der Waals surface area contributed by atoms with E-state index < -0.39 is 0 Å². The van der Waals surface area contributed by atoms with Gasteiger partial charge in [0.05, 0.1) is 5.60 Å². The number of carbonyl (C=O) groups is 1. The molecule has 0 spiro atoms. The van der Waals surface area contributed by atoms with Crippen LogP contribution < -0.4 is 5.32 Å². The van der Waals surface area contributed by atoms with E-state index in [-0.39, 0.29) is 17.6 Å². The minimum atomic E-state index is -0.107. The minimum absolute atomic E-state index is 0.00454. The molecular weight excluding hydrogens is 242 g/mol. The maximum Gasteiger partial charge on any atom is 0.271 e. The molecule has 0 aromatic carbocycles. The molecule has 1 aliphatic carbocycles. The first kappa shape index (κ1) is 14.1. The van der Waals surface area contributed by atoms with Gasteiger partial charge in [0.2, 0.25) is 0 Å². The summed E-state index contributed by atoms with van der Waals surface area (Å²) < 4.78 is 7.32. The second-order valence-electron chi connectivity index (χ2n) is 5.52. The lowest BCUT2D eigenvalue weighted by atomic mass is 9.77. The van der Waals surface area contributed by atoms with Crippen LogP contribution in [0.1, 0.15) is 56.1 Å². The Bertz CT molecular complexity index is 430. The Hall–Kier alpha value is -1.36. The number of amides is 1. The van der Waals surface area contributed by atoms with Crippen molar-refractivity contribution in [3.8, 4) is 0 Å². The summed E-state index contributed by atoms with van der Waals surface area (Å²) in [6.07, 6.45) is 6.13. The van der Waals surface area contributed by atoms with E-state index in [2.05, 4.69) is 10.4 Å². The summed E-state index contributed by atoms with van der Waals surface area (Å²) in [6.45, 7) is 4.71. The van der Waals surface area contributed by atoms with Gasteiger partial charge in [0.15, 0.2) is 0 Å². The molecule has 0 bridgehead atoms. The zero-order chi connectivity index (χ0) is 13.9. The summed E-state index contributed by atoms with van der Waals surface area (Å²) in [6, 6.07) is 2.03. The Morgan fingerprint density at radius 3 is 2.79 bits per heavy atom. The van der Waals surface area contributed by atoms with Crippen LogP contribution in [0.25, 0.3) is 0 Å². The van der Waals surface area contributed by atoms with Gasteiger partial charge in [-0.15, -0.1) is 0 Å². The van der Waals surface area contributed by atoms with E-state index in [9.17, 15) is 4.79 Å². The van der Waals surface area contributed by atoms with Crippen LogP contribution in [0, 0.1) is 0 Å². The van der Waals surface area contributed by atoms with Crippen molar-refractivity contribution in [1.82, 2.24) is 15.1 Å². The second kappa shape index (κ2) is 5.74. The van der Waals surface area contributed by atoms with Crippen molar-refractivity contribution in [1.29, 1.82) is 0 Å². The molecule has 0 atom stereocenters. The van der Waals surface area contributed by atoms with Crippen molar-refractivity contribution in [2.75, 3.05) is 13.7 Å². The summed E-state index contributed by atoms with van der Waals surface area (Å²) in [5.41, 5.74) is 0.485. The molecule has 5 heteroatoms. The van der Waals surface area contributed by atoms with Crippen LogP contribution in [0.15, 0.2) is 12.3 Å². The van der Waals surface area contributed by atoms with E-state index in [1.807, 2.05) is 20.0 Å². The van der Waals surface area contributed by atoms with Gasteiger partial charge in [0.25, 0.3) is 5.91 Å². The third-order valence-electron chi connectivity index (χ3n) is 3.93. The number of hydrogen-bond acceptors (Lipinski definition) is 3. The fraction of sp³-hybridized carbons (Fsp3) is 0.714. The molecule has 19 heavy (non-hydrogen) atoms. The van der Waals surface area contributed by atoms with E-state index in [0.29, 0.717) is 12.2 Å². The van der Waals surface area contributed by atoms with Crippen molar-refractivity contribution in [3.05, 3.63) is 18.0 Å². The van der Waals surface area contributed by atoms with E-state index in [1.54, 1.807) is 17.9 Å². The van der Waals surface area contributed by atoms with Crippen molar-refractivity contribution in [2.24, 2.45) is 0 Å². The average molecular weight is 265 g/mol. The van der Waals surface area contributed by atoms with Crippen molar-refractivity contribution in [2.45, 2.75) is 51.2 Å². The lowest BCUT2D eigenvalue weighted by Gasteiger charge is -2.40. The number of rotatable bonds is 6. The first-order valence-corrected chi connectivity index (χ1v) is 6.95. The standard InChI is InChI=1S/C14H23N3O2/c1-11(2)17-10-5-12(16-17)13(18)15-9-8-14(19-3)6-4-7-14/h5,10-11H,4,6-9H2,1-3H3,(H,15,18). The number of methoxy groups -OCH3 is 1.